The Labute approximate surface area is 325 Å². The molecule has 16 heteroatoms. The highest BCUT2D eigenvalue weighted by molar-refractivity contribution is 7.91. The number of nitrogens with zero attached hydrogens (tertiary/aromatic N) is 2. The van der Waals surface area contributed by atoms with E-state index in [2.05, 4.69) is 27.3 Å². The second kappa shape index (κ2) is 14.8. The van der Waals surface area contributed by atoms with E-state index in [-0.39, 0.29) is 54.3 Å². The molecule has 3 N–H and O–H groups in total. The summed E-state index contributed by atoms with van der Waals surface area (Å²) in [5.74, 6) is -1.94. The number of ether oxygens (including phenoxy) is 3. The minimum Gasteiger partial charge on any atom is -0.494 e. The van der Waals surface area contributed by atoms with E-state index in [0.29, 0.717) is 42.9 Å². The fourth-order valence-electron chi connectivity index (χ4n) is 9.15. The first-order valence-electron chi connectivity index (χ1n) is 19.9. The molecule has 6 aliphatic rings. The predicted octanol–water partition coefficient (Wildman–Crippen LogP) is 4.12. The predicted molar refractivity (Wildman–Crippen MR) is 201 cm³/mol. The van der Waals surface area contributed by atoms with Crippen LogP contribution in [-0.4, -0.2) is 90.9 Å². The molecule has 0 bridgehead atoms. The zero-order valence-electron chi connectivity index (χ0n) is 31.9. The number of amides is 4. The van der Waals surface area contributed by atoms with Crippen molar-refractivity contribution in [3.63, 3.8) is 0 Å². The Bertz CT molecular complexity index is 2050. The van der Waals surface area contributed by atoms with E-state index in [9.17, 15) is 27.6 Å². The molecular weight excluding hydrogens is 746 g/mol. The van der Waals surface area contributed by atoms with Gasteiger partial charge in [-0.2, -0.15) is 0 Å². The Morgan fingerprint density at radius 2 is 1.77 bits per heavy atom. The summed E-state index contributed by atoms with van der Waals surface area (Å²) in [6.45, 7) is 3.89. The van der Waals surface area contributed by atoms with Crippen molar-refractivity contribution in [1.82, 2.24) is 25.2 Å². The number of carbonyl (C=O) groups excluding carboxylic acids is 4. The molecule has 1 unspecified atom stereocenters. The van der Waals surface area contributed by atoms with Crippen LogP contribution in [0.1, 0.15) is 78.1 Å². The minimum atomic E-state index is -3.92. The van der Waals surface area contributed by atoms with Crippen LogP contribution in [0.25, 0.3) is 10.8 Å². The molecule has 10 atom stereocenters. The van der Waals surface area contributed by atoms with Gasteiger partial charge in [0.05, 0.1) is 18.9 Å². The van der Waals surface area contributed by atoms with Gasteiger partial charge in [0.25, 0.3) is 5.91 Å². The number of methoxy groups -OCH3 is 1. The molecule has 3 heterocycles. The van der Waals surface area contributed by atoms with Crippen LogP contribution in [0.4, 0.5) is 9.18 Å². The summed E-state index contributed by atoms with van der Waals surface area (Å²) >= 11 is 0. The lowest BCUT2D eigenvalue weighted by atomic mass is 9.88. The Kier molecular flexibility index (Phi) is 10.1. The second-order valence-corrected chi connectivity index (χ2v) is 18.9. The van der Waals surface area contributed by atoms with Crippen molar-refractivity contribution in [3.05, 3.63) is 42.4 Å². The maximum absolute atomic E-state index is 15.2. The van der Waals surface area contributed by atoms with Crippen molar-refractivity contribution in [1.29, 1.82) is 0 Å². The summed E-state index contributed by atoms with van der Waals surface area (Å²) in [5.41, 5.74) is -1.54. The summed E-state index contributed by atoms with van der Waals surface area (Å²) in [5, 5.41) is 5.67. The number of carbonyl (C=O) groups is 4. The Morgan fingerprint density at radius 3 is 2.50 bits per heavy atom. The van der Waals surface area contributed by atoms with Gasteiger partial charge in [-0.25, -0.2) is 22.6 Å². The van der Waals surface area contributed by atoms with Gasteiger partial charge >= 0.3 is 6.09 Å². The van der Waals surface area contributed by atoms with Gasteiger partial charge in [0.1, 0.15) is 29.8 Å². The van der Waals surface area contributed by atoms with Crippen LogP contribution in [0.3, 0.4) is 0 Å². The molecule has 8 rings (SSSR count). The number of rotatable bonds is 8. The van der Waals surface area contributed by atoms with Gasteiger partial charge in [-0.1, -0.05) is 26.0 Å². The van der Waals surface area contributed by atoms with E-state index < -0.39 is 74.5 Å². The number of hydrogen-bond donors (Lipinski definition) is 3. The summed E-state index contributed by atoms with van der Waals surface area (Å²) in [6.07, 6.45) is 9.36. The van der Waals surface area contributed by atoms with Gasteiger partial charge < -0.3 is 29.7 Å². The molecule has 56 heavy (non-hydrogen) atoms. The minimum absolute atomic E-state index is 0.0281. The van der Waals surface area contributed by atoms with Gasteiger partial charge in [-0.05, 0) is 99.7 Å². The topological polar surface area (TPSA) is 182 Å². The number of benzene rings is 1. The molecular formula is C40H50FN5O9S. The summed E-state index contributed by atoms with van der Waals surface area (Å²) in [7, 11) is -2.56. The third kappa shape index (κ3) is 7.64. The number of sulfonamides is 1. The summed E-state index contributed by atoms with van der Waals surface area (Å²) in [6, 6.07) is 2.35. The van der Waals surface area contributed by atoms with E-state index in [1.54, 1.807) is 6.07 Å². The Hall–Kier alpha value is -4.47. The molecule has 1 aromatic carbocycles. The third-order valence-corrected chi connectivity index (χ3v) is 14.5. The van der Waals surface area contributed by atoms with Crippen molar-refractivity contribution < 1.29 is 46.2 Å². The van der Waals surface area contributed by atoms with Gasteiger partial charge in [0.15, 0.2) is 11.6 Å². The largest absolute Gasteiger partial charge is 0.494 e. The number of fused-ring (bicyclic) bond motifs is 4. The number of alkyl carbamates (subject to hydrolysis) is 1. The van der Waals surface area contributed by atoms with E-state index in [1.807, 2.05) is 19.1 Å². The molecule has 4 aliphatic carbocycles. The number of hydrogen-bond acceptors (Lipinski definition) is 10. The average molecular weight is 796 g/mol. The molecule has 0 spiro atoms. The first-order valence-corrected chi connectivity index (χ1v) is 21.4. The smallest absolute Gasteiger partial charge is 0.408 e. The molecule has 2 aromatic rings. The number of nitrogens with one attached hydrogen (secondary N) is 3. The lowest BCUT2D eigenvalue weighted by molar-refractivity contribution is -0.142. The van der Waals surface area contributed by atoms with Crippen molar-refractivity contribution in [2.45, 2.75) is 113 Å². The standard InChI is InChI=1S/C40H50FN5O9S/c1-21-6-4-5-7-25-19-40(25,38(49)45-56(51,52)28-8-9-28)44-35(47)31-18-27(54-36-30-10-11-32(53-3)33(41)29(30)12-13-42-36)20-46(31)37(48)34(22(2)14-21)43-39(50)55-26-16-23-15-24(23)17-26/h5,7,10-13,21-28,31,34H,4,6,8-9,14-20H2,1-3H3,(H,43,50)(H,44,47)(H,45,49)/b7-5-/t21-,22-,23-,24+,25-,26?,27-,31+,34+,40-/m1/s1. The number of pyridine rings is 1. The molecule has 1 aromatic heterocycles. The maximum Gasteiger partial charge on any atom is 0.408 e. The number of allylic oxidation sites excluding steroid dienone is 1. The van der Waals surface area contributed by atoms with E-state index >= 15 is 4.39 Å². The average Bonchev–Trinajstić information content (AvgIpc) is 4.12. The number of halogens is 1. The highest BCUT2D eigenvalue weighted by Crippen LogP contribution is 2.52. The van der Waals surface area contributed by atoms with Crippen molar-refractivity contribution in [3.8, 4) is 11.6 Å². The van der Waals surface area contributed by atoms with Crippen LogP contribution in [-0.2, 0) is 29.1 Å². The van der Waals surface area contributed by atoms with Gasteiger partial charge in [-0.15, -0.1) is 0 Å². The third-order valence-electron chi connectivity index (χ3n) is 12.7. The van der Waals surface area contributed by atoms with Crippen LogP contribution < -0.4 is 24.8 Å². The van der Waals surface area contributed by atoms with Crippen LogP contribution in [0.15, 0.2) is 36.5 Å². The van der Waals surface area contributed by atoms with Gasteiger partial charge in [0.2, 0.25) is 27.7 Å². The molecule has 5 fully saturated rings. The SMILES string of the molecule is COc1ccc2c(O[C@@H]3C[C@H]4C(=O)N[C@]5(C(=O)NS(=O)(=O)C6CC6)C[C@H]5/C=C\CC[C@@H](C)C[C@@H](C)[C@H](NC(=O)OC5C[C@@H]6C[C@@H]6C5)C(=O)N4C3)nccc2c1F. The number of aromatic nitrogens is 1. The normalized spacial score (nSPS) is 34.8. The lowest BCUT2D eigenvalue weighted by Gasteiger charge is -2.33. The van der Waals surface area contributed by atoms with Crippen molar-refractivity contribution >= 4 is 44.6 Å². The molecule has 0 radical (unpaired) electrons. The fourth-order valence-corrected chi connectivity index (χ4v) is 10.5. The van der Waals surface area contributed by atoms with Crippen LogP contribution in [0.2, 0.25) is 0 Å². The fraction of sp³-hybridized carbons (Fsp3) is 0.625. The van der Waals surface area contributed by atoms with Crippen LogP contribution >= 0.6 is 0 Å². The molecule has 1 saturated heterocycles. The maximum atomic E-state index is 15.2. The van der Waals surface area contributed by atoms with Gasteiger partial charge in [0, 0.05) is 29.3 Å². The highest BCUT2D eigenvalue weighted by atomic mass is 32.2. The summed E-state index contributed by atoms with van der Waals surface area (Å²) < 4.78 is 60.5. The van der Waals surface area contributed by atoms with E-state index in [1.165, 1.54) is 30.3 Å². The molecule has 2 aliphatic heterocycles. The highest BCUT2D eigenvalue weighted by Gasteiger charge is 2.62. The summed E-state index contributed by atoms with van der Waals surface area (Å²) in [4.78, 5) is 62.2. The molecule has 302 valence electrons. The quantitative estimate of drug-likeness (QED) is 0.329. The Morgan fingerprint density at radius 1 is 1.00 bits per heavy atom. The van der Waals surface area contributed by atoms with Crippen molar-refractivity contribution in [2.75, 3.05) is 13.7 Å². The Balaban J connectivity index is 1.10. The first-order chi connectivity index (χ1) is 26.8. The van der Waals surface area contributed by atoms with Gasteiger partial charge in [-0.3, -0.25) is 19.1 Å². The van der Waals surface area contributed by atoms with Crippen LogP contribution in [0.5, 0.6) is 11.6 Å². The van der Waals surface area contributed by atoms with Crippen LogP contribution in [0, 0.1) is 35.4 Å². The van der Waals surface area contributed by atoms with E-state index in [4.69, 9.17) is 14.2 Å². The molecule has 4 saturated carbocycles. The molecule has 4 amide bonds. The second-order valence-electron chi connectivity index (χ2n) is 16.9. The molecule has 14 nitrogen and oxygen atoms in total. The zero-order valence-corrected chi connectivity index (χ0v) is 32.7. The zero-order chi connectivity index (χ0) is 39.5. The van der Waals surface area contributed by atoms with Crippen molar-refractivity contribution in [2.24, 2.45) is 29.6 Å². The lowest BCUT2D eigenvalue weighted by Crippen LogP contribution is -2.59. The first kappa shape index (κ1) is 38.4. The monoisotopic (exact) mass is 795 g/mol. The van der Waals surface area contributed by atoms with E-state index in [0.717, 1.165) is 25.7 Å².